The van der Waals surface area contributed by atoms with Gasteiger partial charge in [-0.15, -0.1) is 0 Å². The van der Waals surface area contributed by atoms with Gasteiger partial charge in [0.05, 0.1) is 22.3 Å². The molecule has 3 rings (SSSR count). The molecule has 0 saturated carbocycles. The van der Waals surface area contributed by atoms with Crippen molar-refractivity contribution in [3.8, 4) is 0 Å². The molecular formula is C18H28N2O2S. The van der Waals surface area contributed by atoms with Gasteiger partial charge in [0.1, 0.15) is 0 Å². The van der Waals surface area contributed by atoms with Crippen molar-refractivity contribution in [2.75, 3.05) is 13.1 Å². The Bertz CT molecular complexity index is 609. The Morgan fingerprint density at radius 1 is 1.39 bits per heavy atom. The summed E-state index contributed by atoms with van der Waals surface area (Å²) in [7, 11) is -1.33. The van der Waals surface area contributed by atoms with E-state index in [1.165, 1.54) is 11.1 Å². The van der Waals surface area contributed by atoms with E-state index in [0.717, 1.165) is 44.3 Å². The Kier molecular flexibility index (Phi) is 4.67. The molecule has 1 aromatic rings. The molecule has 1 aliphatic heterocycles. The molecule has 4 nitrogen and oxygen atoms in total. The quantitative estimate of drug-likeness (QED) is 0.787. The maximum absolute atomic E-state index is 12.0. The number of hydrogen-bond acceptors (Lipinski definition) is 3. The molecule has 1 aliphatic carbocycles. The average Bonchev–Trinajstić information content (AvgIpc) is 2.80. The summed E-state index contributed by atoms with van der Waals surface area (Å²) in [6.45, 7) is 6.20. The first-order valence-corrected chi connectivity index (χ1v) is 9.69. The fourth-order valence-electron chi connectivity index (χ4n) is 4.43. The van der Waals surface area contributed by atoms with Crippen LogP contribution in [0.25, 0.3) is 0 Å². The molecule has 0 amide bonds. The van der Waals surface area contributed by atoms with Crippen LogP contribution in [0.4, 0.5) is 0 Å². The first kappa shape index (κ1) is 17.1. The van der Waals surface area contributed by atoms with Crippen LogP contribution in [0.5, 0.6) is 0 Å². The van der Waals surface area contributed by atoms with Crippen molar-refractivity contribution >= 4 is 11.0 Å². The third kappa shape index (κ3) is 3.12. The van der Waals surface area contributed by atoms with Crippen LogP contribution < -0.4 is 10.5 Å². The van der Waals surface area contributed by atoms with E-state index in [9.17, 15) is 9.32 Å². The highest BCUT2D eigenvalue weighted by atomic mass is 32.2. The molecule has 2 aliphatic rings. The molecule has 1 aromatic carbocycles. The largest absolute Gasteiger partial charge is 0.392 e. The molecule has 1 saturated heterocycles. The highest BCUT2D eigenvalue weighted by molar-refractivity contribution is 7.84. The number of aliphatic hydroxyl groups excluding tert-OH is 1. The van der Waals surface area contributed by atoms with Gasteiger partial charge < -0.3 is 10.4 Å². The molecule has 0 aromatic heterocycles. The van der Waals surface area contributed by atoms with Gasteiger partial charge in [-0.2, -0.15) is 0 Å². The molecule has 4 N–H and O–H groups in total. The van der Waals surface area contributed by atoms with Crippen molar-refractivity contribution in [2.45, 2.75) is 56.8 Å². The van der Waals surface area contributed by atoms with Gasteiger partial charge in [-0.1, -0.05) is 18.2 Å². The van der Waals surface area contributed by atoms with E-state index in [1.54, 1.807) is 0 Å². The smallest absolute Gasteiger partial charge is 0.0945 e. The van der Waals surface area contributed by atoms with Gasteiger partial charge in [-0.05, 0) is 80.6 Å². The van der Waals surface area contributed by atoms with Gasteiger partial charge in [0.25, 0.3) is 0 Å². The van der Waals surface area contributed by atoms with Crippen molar-refractivity contribution in [1.29, 1.82) is 0 Å². The van der Waals surface area contributed by atoms with Gasteiger partial charge in [-0.25, -0.2) is 4.21 Å². The molecule has 0 bridgehead atoms. The number of nitrogens with two attached hydrogens (primary N) is 1. The summed E-state index contributed by atoms with van der Waals surface area (Å²) in [5, 5.41) is 18.7. The second-order valence-electron chi connectivity index (χ2n) is 7.79. The molecule has 1 fully saturated rings. The number of rotatable bonds is 4. The zero-order chi connectivity index (χ0) is 16.7. The summed E-state index contributed by atoms with van der Waals surface area (Å²) in [5.74, 6) is 0.398. The summed E-state index contributed by atoms with van der Waals surface area (Å²) in [6.07, 6.45) is 4.21. The van der Waals surface area contributed by atoms with E-state index in [1.807, 2.05) is 19.9 Å². The van der Waals surface area contributed by atoms with Gasteiger partial charge in [0.2, 0.25) is 0 Å². The van der Waals surface area contributed by atoms with Crippen LogP contribution in [-0.2, 0) is 24.0 Å². The Morgan fingerprint density at radius 3 is 2.70 bits per heavy atom. The predicted octanol–water partition coefficient (Wildman–Crippen LogP) is 1.98. The lowest BCUT2D eigenvalue weighted by molar-refractivity contribution is 0.158. The highest BCUT2D eigenvalue weighted by Gasteiger charge is 2.48. The van der Waals surface area contributed by atoms with E-state index in [2.05, 4.69) is 17.4 Å². The number of fused-ring (bicyclic) bond motifs is 1. The Labute approximate surface area is 141 Å². The Morgan fingerprint density at radius 2 is 2.09 bits per heavy atom. The Balaban J connectivity index is 1.99. The lowest BCUT2D eigenvalue weighted by Crippen LogP contribution is -2.43. The molecule has 5 heteroatoms. The first-order chi connectivity index (χ1) is 10.9. The van der Waals surface area contributed by atoms with E-state index < -0.39 is 11.0 Å². The standard InChI is InChI=1S/C18H28N2O2S/c1-17(2,23(19)22)11-16-15-4-3-13(12-21)9-14(15)10-18(16)5-7-20-8-6-18/h3-4,9,16,20-21H,5-8,10-12,19H2,1-2H3/t16-,23?/m1/s1. The molecule has 128 valence electrons. The van der Waals surface area contributed by atoms with Crippen molar-refractivity contribution < 1.29 is 9.32 Å². The molecule has 1 spiro atoms. The number of aliphatic hydroxyl groups is 1. The maximum Gasteiger partial charge on any atom is 0.0945 e. The summed E-state index contributed by atoms with van der Waals surface area (Å²) < 4.78 is 11.6. The van der Waals surface area contributed by atoms with Crippen LogP contribution in [-0.4, -0.2) is 27.2 Å². The average molecular weight is 337 g/mol. The van der Waals surface area contributed by atoms with Crippen LogP contribution in [0.15, 0.2) is 18.2 Å². The predicted molar refractivity (Wildman–Crippen MR) is 94.4 cm³/mol. The lowest BCUT2D eigenvalue weighted by Gasteiger charge is -2.42. The summed E-state index contributed by atoms with van der Waals surface area (Å²) in [4.78, 5) is 0. The molecule has 2 atom stereocenters. The fraction of sp³-hybridized carbons (Fsp3) is 0.667. The van der Waals surface area contributed by atoms with Crippen LogP contribution in [0.3, 0.4) is 0 Å². The van der Waals surface area contributed by atoms with Crippen molar-refractivity contribution in [3.05, 3.63) is 34.9 Å². The third-order valence-corrected chi connectivity index (χ3v) is 7.14. The SMILES string of the molecule is CC(C)(C[C@@H]1c2ccc(CO)cc2CC12CCNCC2)S(N)=O. The lowest BCUT2D eigenvalue weighted by atomic mass is 9.67. The zero-order valence-electron chi connectivity index (χ0n) is 14.1. The Hall–Kier alpha value is -0.750. The summed E-state index contributed by atoms with van der Waals surface area (Å²) in [5.41, 5.74) is 3.97. The van der Waals surface area contributed by atoms with Crippen LogP contribution in [0.1, 0.15) is 55.7 Å². The van der Waals surface area contributed by atoms with Crippen LogP contribution >= 0.6 is 0 Å². The zero-order valence-corrected chi connectivity index (χ0v) is 14.9. The number of benzene rings is 1. The number of piperidine rings is 1. The number of hydrogen-bond donors (Lipinski definition) is 3. The highest BCUT2D eigenvalue weighted by Crippen LogP contribution is 2.55. The molecule has 1 heterocycles. The minimum absolute atomic E-state index is 0.0881. The number of nitrogens with one attached hydrogen (secondary N) is 1. The minimum Gasteiger partial charge on any atom is -0.392 e. The topological polar surface area (TPSA) is 75.3 Å². The van der Waals surface area contributed by atoms with Crippen LogP contribution in [0.2, 0.25) is 0 Å². The molecule has 23 heavy (non-hydrogen) atoms. The van der Waals surface area contributed by atoms with Crippen molar-refractivity contribution in [3.63, 3.8) is 0 Å². The van der Waals surface area contributed by atoms with Crippen molar-refractivity contribution in [2.24, 2.45) is 10.6 Å². The van der Waals surface area contributed by atoms with Gasteiger partial charge in [-0.3, -0.25) is 5.14 Å². The monoisotopic (exact) mass is 336 g/mol. The fourth-order valence-corrected chi connectivity index (χ4v) is 4.76. The molecular weight excluding hydrogens is 308 g/mol. The molecule has 1 unspecified atom stereocenters. The molecule has 0 radical (unpaired) electrons. The van der Waals surface area contributed by atoms with Gasteiger partial charge >= 0.3 is 0 Å². The van der Waals surface area contributed by atoms with Crippen LogP contribution in [0, 0.1) is 5.41 Å². The maximum atomic E-state index is 12.0. The minimum atomic E-state index is -1.33. The van der Waals surface area contributed by atoms with Crippen molar-refractivity contribution in [1.82, 2.24) is 5.32 Å². The van der Waals surface area contributed by atoms with Gasteiger partial charge in [0, 0.05) is 0 Å². The van der Waals surface area contributed by atoms with E-state index in [-0.39, 0.29) is 16.8 Å². The second-order valence-corrected chi connectivity index (χ2v) is 9.49. The van der Waals surface area contributed by atoms with E-state index >= 15 is 0 Å². The second kappa shape index (κ2) is 6.28. The summed E-state index contributed by atoms with van der Waals surface area (Å²) >= 11 is 0. The van der Waals surface area contributed by atoms with Gasteiger partial charge in [0.15, 0.2) is 0 Å². The van der Waals surface area contributed by atoms with E-state index in [4.69, 9.17) is 5.14 Å². The first-order valence-electron chi connectivity index (χ1n) is 8.47. The van der Waals surface area contributed by atoms with E-state index in [0.29, 0.717) is 5.92 Å². The normalized spacial score (nSPS) is 24.6. The third-order valence-electron chi connectivity index (χ3n) is 5.89. The summed E-state index contributed by atoms with van der Waals surface area (Å²) in [6, 6.07) is 6.36.